The third kappa shape index (κ3) is 5.03. The zero-order valence-electron chi connectivity index (χ0n) is 19.2. The molecule has 0 atom stereocenters. The normalized spacial score (nSPS) is 14.5. The number of rotatable bonds is 7. The van der Waals surface area contributed by atoms with Gasteiger partial charge in [-0.2, -0.15) is 0 Å². The highest BCUT2D eigenvalue weighted by Crippen LogP contribution is 2.29. The molecule has 3 aromatic carbocycles. The molecule has 166 valence electrons. The number of piperazine rings is 1. The Morgan fingerprint density at radius 2 is 1.25 bits per heavy atom. The van der Waals surface area contributed by atoms with Crippen molar-refractivity contribution in [3.63, 3.8) is 0 Å². The highest BCUT2D eigenvalue weighted by molar-refractivity contribution is 7.80. The van der Waals surface area contributed by atoms with Gasteiger partial charge in [0, 0.05) is 50.5 Å². The highest BCUT2D eigenvalue weighted by atomic mass is 32.1. The minimum atomic E-state index is 0.279. The molecule has 0 unspecified atom stereocenters. The van der Waals surface area contributed by atoms with Gasteiger partial charge in [0.15, 0.2) is 0 Å². The predicted molar refractivity (Wildman–Crippen MR) is 140 cm³/mol. The SMILES string of the molecule is CCN(CC)c1ccc(C(=S)N2CCN(C(c3ccccc3)c3ccccc3)CC2)cc1. The van der Waals surface area contributed by atoms with E-state index in [0.717, 1.165) is 49.8 Å². The van der Waals surface area contributed by atoms with Crippen LogP contribution in [0.4, 0.5) is 5.69 Å². The first-order chi connectivity index (χ1) is 15.7. The fraction of sp³-hybridized carbons (Fsp3) is 0.321. The van der Waals surface area contributed by atoms with E-state index in [1.165, 1.54) is 16.8 Å². The Hall–Kier alpha value is -2.69. The summed E-state index contributed by atoms with van der Waals surface area (Å²) in [5.41, 5.74) is 5.11. The topological polar surface area (TPSA) is 9.72 Å². The first-order valence-corrected chi connectivity index (χ1v) is 12.1. The molecule has 4 heteroatoms. The van der Waals surface area contributed by atoms with Crippen molar-refractivity contribution in [3.05, 3.63) is 102 Å². The number of anilines is 1. The number of thiocarbonyl (C=S) groups is 1. The first-order valence-electron chi connectivity index (χ1n) is 11.7. The summed E-state index contributed by atoms with van der Waals surface area (Å²) in [7, 11) is 0. The number of hydrogen-bond donors (Lipinski definition) is 0. The van der Waals surface area contributed by atoms with E-state index in [1.54, 1.807) is 0 Å². The fourth-order valence-electron chi connectivity index (χ4n) is 4.65. The number of hydrogen-bond acceptors (Lipinski definition) is 3. The van der Waals surface area contributed by atoms with Crippen LogP contribution in [0.3, 0.4) is 0 Å². The van der Waals surface area contributed by atoms with Gasteiger partial charge in [-0.1, -0.05) is 72.9 Å². The lowest BCUT2D eigenvalue weighted by Gasteiger charge is -2.40. The molecular formula is C28H33N3S. The van der Waals surface area contributed by atoms with Gasteiger partial charge in [-0.15, -0.1) is 0 Å². The van der Waals surface area contributed by atoms with Crippen molar-refractivity contribution in [2.24, 2.45) is 0 Å². The highest BCUT2D eigenvalue weighted by Gasteiger charge is 2.27. The van der Waals surface area contributed by atoms with Crippen molar-refractivity contribution in [2.45, 2.75) is 19.9 Å². The maximum absolute atomic E-state index is 5.89. The Morgan fingerprint density at radius 1 is 0.750 bits per heavy atom. The lowest BCUT2D eigenvalue weighted by atomic mass is 9.96. The molecule has 0 amide bonds. The summed E-state index contributed by atoms with van der Waals surface area (Å²) in [4.78, 5) is 8.28. The van der Waals surface area contributed by atoms with E-state index in [1.807, 2.05) is 0 Å². The number of nitrogens with zero attached hydrogens (tertiary/aromatic N) is 3. The first kappa shape index (κ1) is 22.5. The van der Waals surface area contributed by atoms with Crippen LogP contribution < -0.4 is 4.90 Å². The Bertz CT molecular complexity index is 937. The molecule has 0 bridgehead atoms. The molecule has 0 spiro atoms. The summed E-state index contributed by atoms with van der Waals surface area (Å²) in [6.45, 7) is 10.3. The van der Waals surface area contributed by atoms with Gasteiger partial charge in [0.1, 0.15) is 4.99 Å². The van der Waals surface area contributed by atoms with Gasteiger partial charge in [0.2, 0.25) is 0 Å². The average Bonchev–Trinajstić information content (AvgIpc) is 2.87. The van der Waals surface area contributed by atoms with Crippen LogP contribution >= 0.6 is 12.2 Å². The molecule has 1 aliphatic heterocycles. The van der Waals surface area contributed by atoms with Crippen LogP contribution in [-0.4, -0.2) is 54.1 Å². The quantitative estimate of drug-likeness (QED) is 0.439. The van der Waals surface area contributed by atoms with Crippen LogP contribution in [0.1, 0.15) is 36.6 Å². The zero-order valence-corrected chi connectivity index (χ0v) is 20.0. The van der Waals surface area contributed by atoms with Gasteiger partial charge in [0.25, 0.3) is 0 Å². The van der Waals surface area contributed by atoms with Crippen molar-refractivity contribution in [1.29, 1.82) is 0 Å². The third-order valence-electron chi connectivity index (χ3n) is 6.44. The molecule has 32 heavy (non-hydrogen) atoms. The summed E-state index contributed by atoms with van der Waals surface area (Å²) in [6.07, 6.45) is 0. The van der Waals surface area contributed by atoms with E-state index in [9.17, 15) is 0 Å². The Morgan fingerprint density at radius 3 is 1.72 bits per heavy atom. The van der Waals surface area contributed by atoms with Crippen LogP contribution in [0.15, 0.2) is 84.9 Å². The zero-order chi connectivity index (χ0) is 22.3. The lowest BCUT2D eigenvalue weighted by Crippen LogP contribution is -2.49. The summed E-state index contributed by atoms with van der Waals surface area (Å²) in [5.74, 6) is 0. The predicted octanol–water partition coefficient (Wildman–Crippen LogP) is 5.62. The second-order valence-electron chi connectivity index (χ2n) is 8.27. The van der Waals surface area contributed by atoms with Crippen molar-refractivity contribution < 1.29 is 0 Å². The standard InChI is InChI=1S/C28H33N3S/c1-3-29(4-2)26-17-15-25(16-18-26)28(32)31-21-19-30(20-22-31)27(23-11-7-5-8-12-23)24-13-9-6-10-14-24/h5-18,27H,3-4,19-22H2,1-2H3. The van der Waals surface area contributed by atoms with E-state index in [2.05, 4.69) is 113 Å². The van der Waals surface area contributed by atoms with Crippen LogP contribution in [0.2, 0.25) is 0 Å². The summed E-state index contributed by atoms with van der Waals surface area (Å²) < 4.78 is 0. The molecular weight excluding hydrogens is 410 g/mol. The monoisotopic (exact) mass is 443 g/mol. The fourth-order valence-corrected chi connectivity index (χ4v) is 4.97. The average molecular weight is 444 g/mol. The largest absolute Gasteiger partial charge is 0.372 e. The molecule has 0 aliphatic carbocycles. The van der Waals surface area contributed by atoms with Gasteiger partial charge in [0.05, 0.1) is 6.04 Å². The van der Waals surface area contributed by atoms with Gasteiger partial charge in [-0.25, -0.2) is 0 Å². The second-order valence-corrected chi connectivity index (χ2v) is 8.66. The van der Waals surface area contributed by atoms with Gasteiger partial charge < -0.3 is 9.80 Å². The molecule has 0 aromatic heterocycles. The summed E-state index contributed by atoms with van der Waals surface area (Å²) in [6, 6.07) is 30.7. The van der Waals surface area contributed by atoms with E-state index in [0.29, 0.717) is 0 Å². The maximum Gasteiger partial charge on any atom is 0.109 e. The Kier molecular flexibility index (Phi) is 7.56. The van der Waals surface area contributed by atoms with Gasteiger partial charge in [-0.3, -0.25) is 4.90 Å². The molecule has 3 nitrogen and oxygen atoms in total. The van der Waals surface area contributed by atoms with Crippen molar-refractivity contribution in [1.82, 2.24) is 9.80 Å². The van der Waals surface area contributed by atoms with Crippen molar-refractivity contribution in [2.75, 3.05) is 44.2 Å². The van der Waals surface area contributed by atoms with Crippen LogP contribution in [-0.2, 0) is 0 Å². The van der Waals surface area contributed by atoms with Crippen LogP contribution in [0.5, 0.6) is 0 Å². The van der Waals surface area contributed by atoms with Crippen LogP contribution in [0.25, 0.3) is 0 Å². The molecule has 1 aliphatic rings. The van der Waals surface area contributed by atoms with Crippen LogP contribution in [0, 0.1) is 0 Å². The molecule has 1 heterocycles. The van der Waals surface area contributed by atoms with E-state index in [-0.39, 0.29) is 6.04 Å². The second kappa shape index (κ2) is 10.8. The van der Waals surface area contributed by atoms with Crippen molar-refractivity contribution in [3.8, 4) is 0 Å². The smallest absolute Gasteiger partial charge is 0.109 e. The molecule has 4 rings (SSSR count). The van der Waals surface area contributed by atoms with Gasteiger partial charge in [-0.05, 0) is 49.2 Å². The Balaban J connectivity index is 1.45. The van der Waals surface area contributed by atoms with E-state index < -0.39 is 0 Å². The Labute approximate surface area is 198 Å². The summed E-state index contributed by atoms with van der Waals surface area (Å²) in [5, 5.41) is 0. The minimum Gasteiger partial charge on any atom is -0.372 e. The van der Waals surface area contributed by atoms with Crippen molar-refractivity contribution >= 4 is 22.9 Å². The lowest BCUT2D eigenvalue weighted by molar-refractivity contribution is 0.152. The van der Waals surface area contributed by atoms with E-state index in [4.69, 9.17) is 12.2 Å². The van der Waals surface area contributed by atoms with Gasteiger partial charge >= 0.3 is 0 Å². The molecule has 0 N–H and O–H groups in total. The van der Waals surface area contributed by atoms with E-state index >= 15 is 0 Å². The molecule has 3 aromatic rings. The molecule has 0 saturated carbocycles. The molecule has 1 fully saturated rings. The maximum atomic E-state index is 5.89. The molecule has 1 saturated heterocycles. The minimum absolute atomic E-state index is 0.279. The molecule has 0 radical (unpaired) electrons. The summed E-state index contributed by atoms with van der Waals surface area (Å²) >= 11 is 5.89. The number of benzene rings is 3. The third-order valence-corrected chi connectivity index (χ3v) is 6.93.